The van der Waals surface area contributed by atoms with Crippen molar-refractivity contribution in [2.45, 2.75) is 19.0 Å². The third kappa shape index (κ3) is 4.69. The van der Waals surface area contributed by atoms with E-state index in [1.807, 2.05) is 29.5 Å². The summed E-state index contributed by atoms with van der Waals surface area (Å²) in [5.74, 6) is -0.540. The Hall–Kier alpha value is -2.22. The molecule has 2 heterocycles. The van der Waals surface area contributed by atoms with Gasteiger partial charge in [-0.1, -0.05) is 30.3 Å². The first-order valence-electron chi connectivity index (χ1n) is 8.75. The molecule has 4 N–H and O–H groups in total. The van der Waals surface area contributed by atoms with Crippen molar-refractivity contribution in [2.75, 3.05) is 26.2 Å². The maximum Gasteiger partial charge on any atom is 0.239 e. The van der Waals surface area contributed by atoms with Crippen molar-refractivity contribution in [1.29, 1.82) is 0 Å². The fourth-order valence-electron chi connectivity index (χ4n) is 3.19. The molecular weight excluding hydrogens is 348 g/mol. The lowest BCUT2D eigenvalue weighted by Gasteiger charge is -2.35. The monoisotopic (exact) mass is 372 g/mol. The van der Waals surface area contributed by atoms with Gasteiger partial charge in [0.15, 0.2) is 0 Å². The standard InChI is InChI=1S/C19H24N4O2S/c20-10-18(24)22-12-19(25)21-11-16(14-4-2-1-3-5-14)23-8-6-17-15(13-23)7-9-26-17/h1-5,7,9,16H,6,8,10-13,20H2,(H,21,25)(H,22,24). The number of nitrogens with one attached hydrogen (secondary N) is 2. The molecule has 0 fully saturated rings. The zero-order valence-electron chi connectivity index (χ0n) is 14.6. The molecule has 2 aromatic rings. The summed E-state index contributed by atoms with van der Waals surface area (Å²) in [5.41, 5.74) is 7.79. The number of thiophene rings is 1. The highest BCUT2D eigenvalue weighted by molar-refractivity contribution is 7.10. The van der Waals surface area contributed by atoms with E-state index in [1.165, 1.54) is 16.0 Å². The molecule has 0 bridgehead atoms. The van der Waals surface area contributed by atoms with Crippen LogP contribution in [0.15, 0.2) is 41.8 Å². The first-order chi connectivity index (χ1) is 12.7. The predicted molar refractivity (Wildman–Crippen MR) is 103 cm³/mol. The summed E-state index contributed by atoms with van der Waals surface area (Å²) in [6.45, 7) is 2.19. The Morgan fingerprint density at radius 1 is 1.15 bits per heavy atom. The quantitative estimate of drug-likeness (QED) is 0.678. The first kappa shape index (κ1) is 18.6. The summed E-state index contributed by atoms with van der Waals surface area (Å²) in [6.07, 6.45) is 1.04. The van der Waals surface area contributed by atoms with Crippen LogP contribution in [-0.2, 0) is 22.6 Å². The van der Waals surface area contributed by atoms with Gasteiger partial charge in [-0.25, -0.2) is 0 Å². The molecule has 7 heteroatoms. The summed E-state index contributed by atoms with van der Waals surface area (Å²) in [6, 6.07) is 12.5. The first-order valence-corrected chi connectivity index (χ1v) is 9.63. The molecule has 0 aliphatic carbocycles. The van der Waals surface area contributed by atoms with E-state index in [0.29, 0.717) is 6.54 Å². The number of benzene rings is 1. The zero-order valence-corrected chi connectivity index (χ0v) is 15.4. The topological polar surface area (TPSA) is 87.5 Å². The molecule has 1 aliphatic heterocycles. The average Bonchev–Trinajstić information content (AvgIpc) is 3.15. The molecule has 1 aromatic heterocycles. The molecule has 0 radical (unpaired) electrons. The van der Waals surface area contributed by atoms with Crippen LogP contribution in [0.5, 0.6) is 0 Å². The van der Waals surface area contributed by atoms with Gasteiger partial charge >= 0.3 is 0 Å². The summed E-state index contributed by atoms with van der Waals surface area (Å²) in [5, 5.41) is 7.59. The average molecular weight is 372 g/mol. The number of carbonyl (C=O) groups is 2. The van der Waals surface area contributed by atoms with Crippen molar-refractivity contribution in [3.63, 3.8) is 0 Å². The summed E-state index contributed by atoms with van der Waals surface area (Å²) in [4.78, 5) is 27.1. The summed E-state index contributed by atoms with van der Waals surface area (Å²) < 4.78 is 0. The molecule has 6 nitrogen and oxygen atoms in total. The third-order valence-electron chi connectivity index (χ3n) is 4.59. The fourth-order valence-corrected chi connectivity index (χ4v) is 4.08. The van der Waals surface area contributed by atoms with Crippen LogP contribution >= 0.6 is 11.3 Å². The van der Waals surface area contributed by atoms with Crippen molar-refractivity contribution in [1.82, 2.24) is 15.5 Å². The van der Waals surface area contributed by atoms with Gasteiger partial charge in [0.05, 0.1) is 19.1 Å². The lowest BCUT2D eigenvalue weighted by atomic mass is 10.0. The SMILES string of the molecule is NCC(=O)NCC(=O)NCC(c1ccccc1)N1CCc2sccc2C1. The maximum atomic E-state index is 12.1. The Balaban J connectivity index is 1.65. The zero-order chi connectivity index (χ0) is 18.4. The van der Waals surface area contributed by atoms with Gasteiger partial charge in [-0.15, -0.1) is 11.3 Å². The highest BCUT2D eigenvalue weighted by Crippen LogP contribution is 2.30. The lowest BCUT2D eigenvalue weighted by molar-refractivity contribution is -0.125. The molecule has 1 aromatic carbocycles. The van der Waals surface area contributed by atoms with Crippen LogP contribution in [0.25, 0.3) is 0 Å². The van der Waals surface area contributed by atoms with E-state index >= 15 is 0 Å². The Morgan fingerprint density at radius 3 is 2.73 bits per heavy atom. The van der Waals surface area contributed by atoms with Crippen molar-refractivity contribution in [3.05, 3.63) is 57.8 Å². The highest BCUT2D eigenvalue weighted by Gasteiger charge is 2.25. The van der Waals surface area contributed by atoms with Crippen LogP contribution < -0.4 is 16.4 Å². The van der Waals surface area contributed by atoms with Gasteiger partial charge in [0.1, 0.15) is 0 Å². The van der Waals surface area contributed by atoms with E-state index in [2.05, 4.69) is 39.1 Å². The molecule has 138 valence electrons. The highest BCUT2D eigenvalue weighted by atomic mass is 32.1. The summed E-state index contributed by atoms with van der Waals surface area (Å²) in [7, 11) is 0. The van der Waals surface area contributed by atoms with Gasteiger partial charge in [0.2, 0.25) is 11.8 Å². The van der Waals surface area contributed by atoms with Crippen LogP contribution in [0.3, 0.4) is 0 Å². The van der Waals surface area contributed by atoms with Crippen LogP contribution in [0.2, 0.25) is 0 Å². The second-order valence-electron chi connectivity index (χ2n) is 6.30. The molecule has 0 saturated heterocycles. The van der Waals surface area contributed by atoms with Gasteiger partial charge in [-0.3, -0.25) is 14.5 Å². The third-order valence-corrected chi connectivity index (χ3v) is 5.61. The Labute approximate surface area is 157 Å². The van der Waals surface area contributed by atoms with Crippen LogP contribution in [0, 0.1) is 0 Å². The van der Waals surface area contributed by atoms with E-state index in [1.54, 1.807) is 0 Å². The number of nitrogens with two attached hydrogens (primary N) is 1. The van der Waals surface area contributed by atoms with Gasteiger partial charge in [-0.2, -0.15) is 0 Å². The molecule has 1 unspecified atom stereocenters. The Bertz CT molecular complexity index is 747. The van der Waals surface area contributed by atoms with Crippen molar-refractivity contribution >= 4 is 23.2 Å². The maximum absolute atomic E-state index is 12.1. The molecule has 3 rings (SSSR count). The van der Waals surface area contributed by atoms with Crippen molar-refractivity contribution < 1.29 is 9.59 Å². The normalized spacial score (nSPS) is 15.1. The number of nitrogens with zero attached hydrogens (tertiary/aromatic N) is 1. The molecule has 26 heavy (non-hydrogen) atoms. The molecular formula is C19H24N4O2S. The van der Waals surface area contributed by atoms with Crippen LogP contribution in [0.4, 0.5) is 0 Å². The van der Waals surface area contributed by atoms with Crippen molar-refractivity contribution in [2.24, 2.45) is 5.73 Å². The molecule has 2 amide bonds. The van der Waals surface area contributed by atoms with Gasteiger partial charge in [0, 0.05) is 24.5 Å². The number of hydrogen-bond acceptors (Lipinski definition) is 5. The van der Waals surface area contributed by atoms with Gasteiger partial charge < -0.3 is 16.4 Å². The number of amides is 2. The van der Waals surface area contributed by atoms with Crippen LogP contribution in [0.1, 0.15) is 22.0 Å². The molecule has 0 spiro atoms. The van der Waals surface area contributed by atoms with Crippen molar-refractivity contribution in [3.8, 4) is 0 Å². The number of carbonyl (C=O) groups excluding carboxylic acids is 2. The van der Waals surface area contributed by atoms with E-state index in [4.69, 9.17) is 5.73 Å². The predicted octanol–water partition coefficient (Wildman–Crippen LogP) is 1.04. The Kier molecular flexibility index (Phi) is 6.38. The summed E-state index contributed by atoms with van der Waals surface area (Å²) >= 11 is 1.82. The van der Waals surface area contributed by atoms with E-state index in [9.17, 15) is 9.59 Å². The minimum atomic E-state index is -0.333. The fraction of sp³-hybridized carbons (Fsp3) is 0.368. The molecule has 1 aliphatic rings. The largest absolute Gasteiger partial charge is 0.353 e. The molecule has 1 atom stereocenters. The van der Waals surface area contributed by atoms with Crippen LogP contribution in [-0.4, -0.2) is 42.9 Å². The lowest BCUT2D eigenvalue weighted by Crippen LogP contribution is -2.44. The number of rotatable bonds is 7. The van der Waals surface area contributed by atoms with Gasteiger partial charge in [0.25, 0.3) is 0 Å². The minimum Gasteiger partial charge on any atom is -0.353 e. The Morgan fingerprint density at radius 2 is 1.96 bits per heavy atom. The second-order valence-corrected chi connectivity index (χ2v) is 7.30. The van der Waals surface area contributed by atoms with Gasteiger partial charge in [-0.05, 0) is 29.0 Å². The smallest absolute Gasteiger partial charge is 0.239 e. The van der Waals surface area contributed by atoms with E-state index in [0.717, 1.165) is 19.5 Å². The number of fused-ring (bicyclic) bond motifs is 1. The molecule has 0 saturated carbocycles. The van der Waals surface area contributed by atoms with E-state index < -0.39 is 0 Å². The van der Waals surface area contributed by atoms with E-state index in [-0.39, 0.29) is 30.9 Å². The second kappa shape index (κ2) is 8.93. The minimum absolute atomic E-state index is 0.0494. The number of hydrogen-bond donors (Lipinski definition) is 3.